The summed E-state index contributed by atoms with van der Waals surface area (Å²) in [5, 5.41) is 4.48. The zero-order valence-corrected chi connectivity index (χ0v) is 25.8. The van der Waals surface area contributed by atoms with Gasteiger partial charge >= 0.3 is 0 Å². The molecule has 6 aromatic carbocycles. The number of aromatic nitrogens is 3. The molecule has 10 rings (SSSR count). The van der Waals surface area contributed by atoms with Crippen molar-refractivity contribution in [3.63, 3.8) is 0 Å². The predicted molar refractivity (Wildman–Crippen MR) is 193 cm³/mol. The van der Waals surface area contributed by atoms with E-state index < -0.39 is 0 Å². The minimum absolute atomic E-state index is 0.246. The summed E-state index contributed by atoms with van der Waals surface area (Å²) in [5.74, 6) is 2.15. The van der Waals surface area contributed by atoms with Gasteiger partial charge in [-0.05, 0) is 65.6 Å². The molecule has 3 aromatic heterocycles. The van der Waals surface area contributed by atoms with Crippen LogP contribution in [0.1, 0.15) is 22.6 Å². The molecule has 0 bridgehead atoms. The molecular weight excluding hydrogens is 590 g/mol. The smallest absolute Gasteiger partial charge is 0.164 e. The van der Waals surface area contributed by atoms with Crippen LogP contribution < -0.4 is 0 Å². The van der Waals surface area contributed by atoms with Crippen molar-refractivity contribution in [3.8, 4) is 34.2 Å². The van der Waals surface area contributed by atoms with Crippen molar-refractivity contribution < 1.29 is 8.83 Å². The summed E-state index contributed by atoms with van der Waals surface area (Å²) in [6, 6.07) is 45.6. The van der Waals surface area contributed by atoms with Gasteiger partial charge in [0.1, 0.15) is 22.3 Å². The lowest BCUT2D eigenvalue weighted by molar-refractivity contribution is 0.668. The number of para-hydroxylation sites is 2. The Morgan fingerprint density at radius 2 is 1.10 bits per heavy atom. The van der Waals surface area contributed by atoms with Gasteiger partial charge in [0.05, 0.1) is 0 Å². The Kier molecular flexibility index (Phi) is 5.93. The molecular formula is C43H27N3O2. The van der Waals surface area contributed by atoms with Crippen LogP contribution in [0.3, 0.4) is 0 Å². The molecule has 0 fully saturated rings. The topological polar surface area (TPSA) is 65.0 Å². The molecule has 5 nitrogen and oxygen atoms in total. The predicted octanol–water partition coefficient (Wildman–Crippen LogP) is 11.0. The summed E-state index contributed by atoms with van der Waals surface area (Å²) in [5.41, 5.74) is 10.1. The first-order valence-corrected chi connectivity index (χ1v) is 16.2. The number of nitrogens with zero attached hydrogens (tertiary/aromatic N) is 3. The molecule has 1 aliphatic rings. The number of hydrogen-bond donors (Lipinski definition) is 0. The third kappa shape index (κ3) is 4.36. The molecule has 0 saturated heterocycles. The Labute approximate surface area is 275 Å². The molecule has 9 aromatic rings. The van der Waals surface area contributed by atoms with E-state index in [9.17, 15) is 0 Å². The van der Waals surface area contributed by atoms with Gasteiger partial charge in [-0.15, -0.1) is 0 Å². The summed E-state index contributed by atoms with van der Waals surface area (Å²) in [6.07, 6.45) is 5.47. The van der Waals surface area contributed by atoms with Crippen LogP contribution in [0.25, 0.3) is 84.1 Å². The third-order valence-corrected chi connectivity index (χ3v) is 9.49. The molecule has 0 radical (unpaired) electrons. The largest absolute Gasteiger partial charge is 0.456 e. The van der Waals surface area contributed by atoms with Gasteiger partial charge in [0.25, 0.3) is 0 Å². The molecule has 1 unspecified atom stereocenters. The molecule has 48 heavy (non-hydrogen) atoms. The highest BCUT2D eigenvalue weighted by atomic mass is 16.3. The van der Waals surface area contributed by atoms with E-state index in [0.717, 1.165) is 61.6 Å². The van der Waals surface area contributed by atoms with Gasteiger partial charge in [0, 0.05) is 44.2 Å². The average molecular weight is 618 g/mol. The van der Waals surface area contributed by atoms with Crippen LogP contribution in [0.15, 0.2) is 148 Å². The zero-order valence-electron chi connectivity index (χ0n) is 25.8. The highest BCUT2D eigenvalue weighted by molar-refractivity contribution is 6.07. The van der Waals surface area contributed by atoms with Gasteiger partial charge in [-0.3, -0.25) is 0 Å². The van der Waals surface area contributed by atoms with Crippen molar-refractivity contribution in [1.29, 1.82) is 0 Å². The fraction of sp³-hybridized carbons (Fsp3) is 0.0465. The Bertz CT molecular complexity index is 2720. The van der Waals surface area contributed by atoms with Crippen LogP contribution in [0.2, 0.25) is 0 Å². The molecule has 226 valence electrons. The van der Waals surface area contributed by atoms with Crippen molar-refractivity contribution in [2.75, 3.05) is 0 Å². The van der Waals surface area contributed by atoms with Crippen LogP contribution in [-0.4, -0.2) is 15.0 Å². The van der Waals surface area contributed by atoms with E-state index >= 15 is 0 Å². The number of furan rings is 2. The monoisotopic (exact) mass is 617 g/mol. The molecule has 3 heterocycles. The second kappa shape index (κ2) is 10.6. The highest BCUT2D eigenvalue weighted by Crippen LogP contribution is 2.39. The van der Waals surface area contributed by atoms with Gasteiger partial charge in [0.2, 0.25) is 0 Å². The molecule has 1 aliphatic carbocycles. The van der Waals surface area contributed by atoms with Crippen LogP contribution in [-0.2, 0) is 6.42 Å². The second-order valence-electron chi connectivity index (χ2n) is 12.4. The SMILES string of the molecule is C1=CC(c2cccc3oc4ccccc4c23)Cc2ccc(-c3nc(-c4ccccc4)nc(-c4ccc5oc6ccccc6c5c4)n3)cc21. The maximum atomic E-state index is 6.19. The van der Waals surface area contributed by atoms with Gasteiger partial charge in [0.15, 0.2) is 17.5 Å². The second-order valence-corrected chi connectivity index (χ2v) is 12.4. The Balaban J connectivity index is 1.06. The minimum Gasteiger partial charge on any atom is -0.456 e. The van der Waals surface area contributed by atoms with E-state index in [1.54, 1.807) is 0 Å². The number of allylic oxidation sites excluding steroid dienone is 1. The number of rotatable bonds is 4. The number of benzene rings is 6. The van der Waals surface area contributed by atoms with Gasteiger partial charge in [-0.2, -0.15) is 0 Å². The fourth-order valence-corrected chi connectivity index (χ4v) is 7.14. The highest BCUT2D eigenvalue weighted by Gasteiger charge is 2.22. The Hall–Kier alpha value is -6.33. The molecule has 0 aliphatic heterocycles. The lowest BCUT2D eigenvalue weighted by Crippen LogP contribution is -2.07. The quantitative estimate of drug-likeness (QED) is 0.197. The number of fused-ring (bicyclic) bond motifs is 7. The van der Waals surface area contributed by atoms with Crippen molar-refractivity contribution in [2.45, 2.75) is 12.3 Å². The summed E-state index contributed by atoms with van der Waals surface area (Å²) in [4.78, 5) is 15.0. The van der Waals surface area contributed by atoms with Crippen LogP contribution in [0.5, 0.6) is 0 Å². The average Bonchev–Trinajstić information content (AvgIpc) is 3.73. The van der Waals surface area contributed by atoms with Crippen molar-refractivity contribution in [3.05, 3.63) is 156 Å². The summed E-state index contributed by atoms with van der Waals surface area (Å²) >= 11 is 0. The van der Waals surface area contributed by atoms with Crippen molar-refractivity contribution in [1.82, 2.24) is 15.0 Å². The van der Waals surface area contributed by atoms with Gasteiger partial charge < -0.3 is 8.83 Å². The van der Waals surface area contributed by atoms with E-state index in [4.69, 9.17) is 23.8 Å². The van der Waals surface area contributed by atoms with Crippen LogP contribution in [0, 0.1) is 0 Å². The minimum atomic E-state index is 0.246. The van der Waals surface area contributed by atoms with Crippen LogP contribution >= 0.6 is 0 Å². The summed E-state index contributed by atoms with van der Waals surface area (Å²) in [6.45, 7) is 0. The lowest BCUT2D eigenvalue weighted by Gasteiger charge is -2.21. The maximum Gasteiger partial charge on any atom is 0.164 e. The van der Waals surface area contributed by atoms with Crippen molar-refractivity contribution >= 4 is 50.0 Å². The molecule has 0 N–H and O–H groups in total. The zero-order chi connectivity index (χ0) is 31.6. The molecule has 0 saturated carbocycles. The Morgan fingerprint density at radius 1 is 0.479 bits per heavy atom. The van der Waals surface area contributed by atoms with Gasteiger partial charge in [-0.1, -0.05) is 103 Å². The molecule has 0 amide bonds. The van der Waals surface area contributed by atoms with E-state index in [1.807, 2.05) is 72.8 Å². The van der Waals surface area contributed by atoms with E-state index in [0.29, 0.717) is 17.5 Å². The normalized spacial score (nSPS) is 14.3. The molecule has 5 heteroatoms. The van der Waals surface area contributed by atoms with E-state index in [-0.39, 0.29) is 5.92 Å². The third-order valence-electron chi connectivity index (χ3n) is 9.49. The first-order valence-electron chi connectivity index (χ1n) is 16.2. The lowest BCUT2D eigenvalue weighted by atomic mass is 9.83. The summed E-state index contributed by atoms with van der Waals surface area (Å²) < 4.78 is 12.3. The summed E-state index contributed by atoms with van der Waals surface area (Å²) in [7, 11) is 0. The van der Waals surface area contributed by atoms with Gasteiger partial charge in [-0.25, -0.2) is 15.0 Å². The maximum absolute atomic E-state index is 6.19. The van der Waals surface area contributed by atoms with Crippen LogP contribution in [0.4, 0.5) is 0 Å². The molecule has 0 spiro atoms. The standard InChI is InChI=1S/C43H27N3O2/c1-2-9-26(10-3-1)41-44-42(46-43(45-41)31-21-22-38-35(25-31)33-11-4-6-14-36(33)47-38)30-20-18-27-23-29(19-17-28(27)24-30)32-13-8-16-39-40(32)34-12-5-7-15-37(34)48-39/h1-22,24-25,29H,23H2. The van der Waals surface area contributed by atoms with E-state index in [2.05, 4.69) is 72.8 Å². The number of hydrogen-bond acceptors (Lipinski definition) is 5. The Morgan fingerprint density at radius 3 is 1.94 bits per heavy atom. The first-order chi connectivity index (χ1) is 23.7. The first kappa shape index (κ1) is 26.8. The fourth-order valence-electron chi connectivity index (χ4n) is 7.14. The van der Waals surface area contributed by atoms with E-state index in [1.165, 1.54) is 22.1 Å². The van der Waals surface area contributed by atoms with Crippen molar-refractivity contribution in [2.24, 2.45) is 0 Å². The molecule has 1 atom stereocenters.